The Morgan fingerprint density at radius 3 is 2.64 bits per heavy atom. The van der Waals surface area contributed by atoms with Gasteiger partial charge in [0.2, 0.25) is 10.0 Å². The first-order valence-electron chi connectivity index (χ1n) is 8.70. The molecule has 0 fully saturated rings. The quantitative estimate of drug-likeness (QED) is 0.576. The number of aldehydes is 1. The molecule has 1 amide bonds. The van der Waals surface area contributed by atoms with Crippen molar-refractivity contribution in [2.75, 3.05) is 6.61 Å². The maximum atomic E-state index is 12.9. The standard InChI is InChI=1S/C19H22N2O6S/c1-2-27-17-7-4-3-6-16(17)18(8-5-11-22)28(25,26)21-19(24)14-9-10-15(13-23)20-12-14/h3-4,6-7,9-12,18,23H,2,5,8,13H2,1H3,(H,21,24). The molecule has 0 spiro atoms. The predicted molar refractivity (Wildman–Crippen MR) is 102 cm³/mol. The molecule has 1 unspecified atom stereocenters. The number of hydrogen-bond acceptors (Lipinski definition) is 7. The Labute approximate surface area is 163 Å². The van der Waals surface area contributed by atoms with Crippen LogP contribution in [-0.4, -0.2) is 37.3 Å². The summed E-state index contributed by atoms with van der Waals surface area (Å²) in [7, 11) is -4.17. The Bertz CT molecular complexity index is 912. The van der Waals surface area contributed by atoms with Gasteiger partial charge in [0.25, 0.3) is 5.91 Å². The zero-order valence-electron chi connectivity index (χ0n) is 15.4. The topological polar surface area (TPSA) is 123 Å². The minimum absolute atomic E-state index is 0.00208. The highest BCUT2D eigenvalue weighted by Gasteiger charge is 2.31. The second-order valence-electron chi connectivity index (χ2n) is 5.88. The SMILES string of the molecule is CCOc1ccccc1C(CCC=O)S(=O)(=O)NC(=O)c1ccc(CO)nc1. The number of sulfonamides is 1. The molecule has 0 radical (unpaired) electrons. The van der Waals surface area contributed by atoms with Gasteiger partial charge < -0.3 is 14.6 Å². The van der Waals surface area contributed by atoms with Gasteiger partial charge in [-0.25, -0.2) is 13.1 Å². The highest BCUT2D eigenvalue weighted by atomic mass is 32.2. The average molecular weight is 406 g/mol. The van der Waals surface area contributed by atoms with Crippen LogP contribution in [0.3, 0.4) is 0 Å². The molecule has 2 rings (SSSR count). The molecule has 28 heavy (non-hydrogen) atoms. The molecule has 0 saturated heterocycles. The van der Waals surface area contributed by atoms with Gasteiger partial charge >= 0.3 is 0 Å². The summed E-state index contributed by atoms with van der Waals surface area (Å²) in [5.41, 5.74) is 0.766. The van der Waals surface area contributed by atoms with E-state index in [0.29, 0.717) is 29.9 Å². The van der Waals surface area contributed by atoms with Gasteiger partial charge in [-0.1, -0.05) is 18.2 Å². The number of nitrogens with zero attached hydrogens (tertiary/aromatic N) is 1. The Hall–Kier alpha value is -2.78. The molecule has 8 nitrogen and oxygen atoms in total. The number of aromatic nitrogens is 1. The predicted octanol–water partition coefficient (Wildman–Crippen LogP) is 1.75. The molecule has 9 heteroatoms. The number of aliphatic hydroxyl groups is 1. The van der Waals surface area contributed by atoms with Crippen LogP contribution in [0.4, 0.5) is 0 Å². The summed E-state index contributed by atoms with van der Waals surface area (Å²) in [6.07, 6.45) is 1.82. The number of hydrogen-bond donors (Lipinski definition) is 2. The van der Waals surface area contributed by atoms with Crippen molar-refractivity contribution in [3.05, 3.63) is 59.4 Å². The maximum absolute atomic E-state index is 12.9. The van der Waals surface area contributed by atoms with Gasteiger partial charge in [0.15, 0.2) is 0 Å². The third kappa shape index (κ3) is 5.37. The molecule has 2 N–H and O–H groups in total. The van der Waals surface area contributed by atoms with E-state index in [9.17, 15) is 18.0 Å². The van der Waals surface area contributed by atoms with Crippen molar-refractivity contribution in [1.82, 2.24) is 9.71 Å². The summed E-state index contributed by atoms with van der Waals surface area (Å²) in [5.74, 6) is -0.463. The first kappa shape index (κ1) is 21.5. The Kier molecular flexibility index (Phi) is 7.65. The molecular formula is C19H22N2O6S. The molecule has 0 aliphatic rings. The van der Waals surface area contributed by atoms with Crippen LogP contribution >= 0.6 is 0 Å². The maximum Gasteiger partial charge on any atom is 0.266 e. The first-order valence-corrected chi connectivity index (χ1v) is 10.2. The van der Waals surface area contributed by atoms with E-state index in [0.717, 1.165) is 0 Å². The number of carbonyl (C=O) groups excluding carboxylic acids is 2. The second kappa shape index (κ2) is 9.95. The number of rotatable bonds is 10. The summed E-state index contributed by atoms with van der Waals surface area (Å²) in [4.78, 5) is 27.1. The van der Waals surface area contributed by atoms with Gasteiger partial charge in [-0.05, 0) is 31.5 Å². The zero-order chi connectivity index (χ0) is 20.6. The highest BCUT2D eigenvalue weighted by molar-refractivity contribution is 7.90. The van der Waals surface area contributed by atoms with E-state index < -0.39 is 21.2 Å². The van der Waals surface area contributed by atoms with E-state index in [1.54, 1.807) is 31.2 Å². The van der Waals surface area contributed by atoms with Gasteiger partial charge in [0, 0.05) is 18.2 Å². The fourth-order valence-electron chi connectivity index (χ4n) is 2.64. The van der Waals surface area contributed by atoms with Crippen molar-refractivity contribution in [3.8, 4) is 5.75 Å². The molecular weight excluding hydrogens is 384 g/mol. The number of para-hydroxylation sites is 1. The molecule has 0 aliphatic heterocycles. The van der Waals surface area contributed by atoms with Crippen molar-refractivity contribution in [1.29, 1.82) is 0 Å². The van der Waals surface area contributed by atoms with E-state index in [-0.39, 0.29) is 25.0 Å². The van der Waals surface area contributed by atoms with Crippen molar-refractivity contribution < 1.29 is 27.9 Å². The fourth-order valence-corrected chi connectivity index (χ4v) is 4.14. The number of carbonyl (C=O) groups is 2. The summed E-state index contributed by atoms with van der Waals surface area (Å²) < 4.78 is 33.4. The molecule has 1 aromatic carbocycles. The molecule has 2 aromatic rings. The van der Waals surface area contributed by atoms with Gasteiger partial charge in [0.05, 0.1) is 24.5 Å². The molecule has 1 atom stereocenters. The van der Waals surface area contributed by atoms with E-state index in [2.05, 4.69) is 4.98 Å². The second-order valence-corrected chi connectivity index (χ2v) is 7.74. The van der Waals surface area contributed by atoms with Gasteiger partial charge in [0.1, 0.15) is 17.3 Å². The molecule has 0 saturated carbocycles. The van der Waals surface area contributed by atoms with Gasteiger partial charge in [-0.3, -0.25) is 9.78 Å². The summed E-state index contributed by atoms with van der Waals surface area (Å²) in [5, 5.41) is 7.86. The van der Waals surface area contributed by atoms with Crippen LogP contribution < -0.4 is 9.46 Å². The van der Waals surface area contributed by atoms with E-state index in [1.807, 2.05) is 4.72 Å². The summed E-state index contributed by atoms with van der Waals surface area (Å²) >= 11 is 0. The third-order valence-electron chi connectivity index (χ3n) is 3.97. The van der Waals surface area contributed by atoms with E-state index in [4.69, 9.17) is 9.84 Å². The van der Waals surface area contributed by atoms with Crippen LogP contribution in [0, 0.1) is 0 Å². The minimum atomic E-state index is -4.17. The van der Waals surface area contributed by atoms with E-state index >= 15 is 0 Å². The number of nitrogens with one attached hydrogen (secondary N) is 1. The van der Waals surface area contributed by atoms with Crippen molar-refractivity contribution in [2.45, 2.75) is 31.6 Å². The number of ether oxygens (including phenoxy) is 1. The molecule has 0 bridgehead atoms. The number of pyridine rings is 1. The largest absolute Gasteiger partial charge is 0.494 e. The zero-order valence-corrected chi connectivity index (χ0v) is 16.2. The lowest BCUT2D eigenvalue weighted by Crippen LogP contribution is -2.35. The molecule has 1 heterocycles. The summed E-state index contributed by atoms with van der Waals surface area (Å²) in [6, 6.07) is 9.42. The number of benzene rings is 1. The van der Waals surface area contributed by atoms with Gasteiger partial charge in [-0.2, -0.15) is 0 Å². The van der Waals surface area contributed by atoms with Gasteiger partial charge in [-0.15, -0.1) is 0 Å². The number of amides is 1. The monoisotopic (exact) mass is 406 g/mol. The normalized spacial score (nSPS) is 12.2. The molecule has 0 aliphatic carbocycles. The lowest BCUT2D eigenvalue weighted by Gasteiger charge is -2.20. The smallest absolute Gasteiger partial charge is 0.266 e. The molecule has 150 valence electrons. The van der Waals surface area contributed by atoms with E-state index in [1.165, 1.54) is 18.3 Å². The third-order valence-corrected chi connectivity index (χ3v) is 5.68. The number of aliphatic hydroxyl groups excluding tert-OH is 1. The van der Waals surface area contributed by atoms with Crippen molar-refractivity contribution in [3.63, 3.8) is 0 Å². The van der Waals surface area contributed by atoms with Crippen LogP contribution in [0.1, 0.15) is 46.6 Å². The Morgan fingerprint density at radius 2 is 2.04 bits per heavy atom. The summed E-state index contributed by atoms with van der Waals surface area (Å²) in [6.45, 7) is 1.82. The lowest BCUT2D eigenvalue weighted by molar-refractivity contribution is -0.107. The van der Waals surface area contributed by atoms with Crippen LogP contribution in [0.2, 0.25) is 0 Å². The first-order chi connectivity index (χ1) is 13.4. The van der Waals surface area contributed by atoms with Crippen LogP contribution in [-0.2, 0) is 21.4 Å². The average Bonchev–Trinajstić information content (AvgIpc) is 2.69. The van der Waals surface area contributed by atoms with Crippen molar-refractivity contribution >= 4 is 22.2 Å². The van der Waals surface area contributed by atoms with Crippen LogP contribution in [0.25, 0.3) is 0 Å². The Balaban J connectivity index is 2.33. The van der Waals surface area contributed by atoms with Crippen LogP contribution in [0.15, 0.2) is 42.6 Å². The van der Waals surface area contributed by atoms with Crippen molar-refractivity contribution in [2.24, 2.45) is 0 Å². The highest BCUT2D eigenvalue weighted by Crippen LogP contribution is 2.33. The Morgan fingerprint density at radius 1 is 1.29 bits per heavy atom. The molecule has 1 aromatic heterocycles. The minimum Gasteiger partial charge on any atom is -0.494 e. The van der Waals surface area contributed by atoms with Crippen LogP contribution in [0.5, 0.6) is 5.75 Å². The lowest BCUT2D eigenvalue weighted by atomic mass is 10.1. The fraction of sp³-hybridized carbons (Fsp3) is 0.316.